The molecule has 2 heterocycles. The van der Waals surface area contributed by atoms with Crippen LogP contribution >= 0.6 is 0 Å². The molecule has 0 spiro atoms. The maximum absolute atomic E-state index is 13.6. The fourth-order valence-electron chi connectivity index (χ4n) is 3.65. The zero-order valence-electron chi connectivity index (χ0n) is 17.1. The zero-order chi connectivity index (χ0) is 23.8. The number of benzene rings is 1. The summed E-state index contributed by atoms with van der Waals surface area (Å²) in [6.07, 6.45) is -9.74. The molecule has 1 aromatic carbocycles. The van der Waals surface area contributed by atoms with Gasteiger partial charge in [-0.25, -0.2) is 4.68 Å². The molecule has 1 N–H and O–H groups in total. The Kier molecular flexibility index (Phi) is 6.25. The Hall–Kier alpha value is -3.05. The summed E-state index contributed by atoms with van der Waals surface area (Å²) in [5.41, 5.74) is 0.294. The van der Waals surface area contributed by atoms with Crippen LogP contribution in [0.25, 0.3) is 5.69 Å². The molecule has 1 saturated heterocycles. The lowest BCUT2D eigenvalue weighted by molar-refractivity contribution is -0.157. The Labute approximate surface area is 179 Å². The Morgan fingerprint density at radius 1 is 1.16 bits per heavy atom. The van der Waals surface area contributed by atoms with Gasteiger partial charge in [0.15, 0.2) is 0 Å². The zero-order valence-corrected chi connectivity index (χ0v) is 17.1. The van der Waals surface area contributed by atoms with Crippen molar-refractivity contribution in [1.29, 1.82) is 0 Å². The molecule has 1 aliphatic rings. The van der Waals surface area contributed by atoms with E-state index >= 15 is 0 Å². The van der Waals surface area contributed by atoms with Gasteiger partial charge in [-0.05, 0) is 37.6 Å². The molecule has 0 bridgehead atoms. The first-order valence-electron chi connectivity index (χ1n) is 9.60. The van der Waals surface area contributed by atoms with Crippen LogP contribution in [0.4, 0.5) is 26.3 Å². The van der Waals surface area contributed by atoms with Crippen LogP contribution in [0.2, 0.25) is 0 Å². The molecular formula is C20H20F6N4O2. The highest BCUT2D eigenvalue weighted by molar-refractivity contribution is 5.89. The molecule has 1 aliphatic heterocycles. The van der Waals surface area contributed by atoms with E-state index in [1.165, 1.54) is 16.8 Å². The summed E-state index contributed by atoms with van der Waals surface area (Å²) < 4.78 is 79.8. The predicted octanol–water partition coefficient (Wildman–Crippen LogP) is 3.53. The summed E-state index contributed by atoms with van der Waals surface area (Å²) in [4.78, 5) is 24.5. The topological polar surface area (TPSA) is 67.2 Å². The third-order valence-corrected chi connectivity index (χ3v) is 5.06. The van der Waals surface area contributed by atoms with Gasteiger partial charge < -0.3 is 10.2 Å². The molecule has 32 heavy (non-hydrogen) atoms. The predicted molar refractivity (Wildman–Crippen MR) is 101 cm³/mol. The Balaban J connectivity index is 1.74. The van der Waals surface area contributed by atoms with Gasteiger partial charge in [0, 0.05) is 25.2 Å². The molecule has 0 saturated carbocycles. The van der Waals surface area contributed by atoms with Crippen molar-refractivity contribution in [2.45, 2.75) is 39.2 Å². The highest BCUT2D eigenvalue weighted by Gasteiger charge is 2.41. The van der Waals surface area contributed by atoms with Crippen molar-refractivity contribution >= 4 is 11.8 Å². The van der Waals surface area contributed by atoms with Crippen LogP contribution < -0.4 is 5.32 Å². The minimum absolute atomic E-state index is 0.196. The Morgan fingerprint density at radius 3 is 2.41 bits per heavy atom. The fourth-order valence-corrected chi connectivity index (χ4v) is 3.65. The molecule has 0 radical (unpaired) electrons. The lowest BCUT2D eigenvalue weighted by Gasteiger charge is -2.19. The summed E-state index contributed by atoms with van der Waals surface area (Å²) in [5, 5.41) is 6.47. The number of carbonyl (C=O) groups excluding carboxylic acids is 2. The normalized spacial score (nSPS) is 17.2. The molecule has 1 fully saturated rings. The van der Waals surface area contributed by atoms with Crippen molar-refractivity contribution in [1.82, 2.24) is 20.0 Å². The minimum Gasteiger partial charge on any atom is -0.352 e. The van der Waals surface area contributed by atoms with Crippen LogP contribution in [0.15, 0.2) is 24.3 Å². The van der Waals surface area contributed by atoms with E-state index in [4.69, 9.17) is 0 Å². The van der Waals surface area contributed by atoms with Crippen LogP contribution in [-0.2, 0) is 22.3 Å². The van der Waals surface area contributed by atoms with Gasteiger partial charge in [-0.3, -0.25) is 9.59 Å². The molecule has 3 rings (SSSR count). The van der Waals surface area contributed by atoms with Gasteiger partial charge in [-0.15, -0.1) is 0 Å². The number of likely N-dealkylation sites (tertiary alicyclic amines) is 1. The number of amides is 2. The van der Waals surface area contributed by atoms with Crippen molar-refractivity contribution in [3.05, 3.63) is 46.8 Å². The highest BCUT2D eigenvalue weighted by atomic mass is 19.4. The molecule has 12 heteroatoms. The molecule has 0 aliphatic carbocycles. The maximum Gasteiger partial charge on any atom is 0.416 e. The smallest absolute Gasteiger partial charge is 0.352 e. The first-order valence-corrected chi connectivity index (χ1v) is 9.60. The summed E-state index contributed by atoms with van der Waals surface area (Å²) in [7, 11) is 0. The monoisotopic (exact) mass is 462 g/mol. The molecule has 1 atom stereocenters. The summed E-state index contributed by atoms with van der Waals surface area (Å²) in [6.45, 7) is 1.01. The van der Waals surface area contributed by atoms with E-state index in [-0.39, 0.29) is 11.3 Å². The van der Waals surface area contributed by atoms with E-state index in [2.05, 4.69) is 10.4 Å². The molecule has 6 nitrogen and oxygen atoms in total. The number of aromatic nitrogens is 2. The second-order valence-electron chi connectivity index (χ2n) is 7.69. The second-order valence-corrected chi connectivity index (χ2v) is 7.69. The van der Waals surface area contributed by atoms with Gasteiger partial charge in [0.25, 0.3) is 0 Å². The van der Waals surface area contributed by atoms with Crippen molar-refractivity contribution in [2.75, 3.05) is 13.1 Å². The molecule has 1 unspecified atom stereocenters. The van der Waals surface area contributed by atoms with E-state index in [0.717, 1.165) is 6.07 Å². The summed E-state index contributed by atoms with van der Waals surface area (Å²) >= 11 is 0. The highest BCUT2D eigenvalue weighted by Crippen LogP contribution is 2.34. The van der Waals surface area contributed by atoms with Crippen molar-refractivity contribution in [3.8, 4) is 5.69 Å². The number of nitrogens with one attached hydrogen (secondary N) is 1. The van der Waals surface area contributed by atoms with Crippen molar-refractivity contribution in [3.63, 3.8) is 0 Å². The molecular weight excluding hydrogens is 442 g/mol. The summed E-state index contributed by atoms with van der Waals surface area (Å²) in [6, 6.07) is 5.28. The number of aryl methyl sites for hydroxylation is 2. The van der Waals surface area contributed by atoms with Gasteiger partial charge in [0.1, 0.15) is 6.54 Å². The number of alkyl halides is 6. The van der Waals surface area contributed by atoms with Crippen LogP contribution in [0.3, 0.4) is 0 Å². The molecule has 1 aromatic heterocycles. The van der Waals surface area contributed by atoms with E-state index in [1.807, 2.05) is 0 Å². The van der Waals surface area contributed by atoms with E-state index in [1.54, 1.807) is 19.9 Å². The Bertz CT molecular complexity index is 1030. The van der Waals surface area contributed by atoms with E-state index in [0.29, 0.717) is 16.3 Å². The average molecular weight is 462 g/mol. The number of hydrogen-bond donors (Lipinski definition) is 1. The average Bonchev–Trinajstić information content (AvgIpc) is 3.19. The number of carbonyl (C=O) groups is 2. The van der Waals surface area contributed by atoms with Crippen molar-refractivity contribution in [2.24, 2.45) is 5.92 Å². The van der Waals surface area contributed by atoms with E-state index < -0.39 is 61.7 Å². The third kappa shape index (κ3) is 5.40. The maximum atomic E-state index is 13.6. The summed E-state index contributed by atoms with van der Waals surface area (Å²) in [5.74, 6) is -2.67. The van der Waals surface area contributed by atoms with Crippen molar-refractivity contribution < 1.29 is 35.9 Å². The van der Waals surface area contributed by atoms with Gasteiger partial charge in [-0.1, -0.05) is 6.07 Å². The lowest BCUT2D eigenvalue weighted by Crippen LogP contribution is -2.37. The lowest BCUT2D eigenvalue weighted by atomic mass is 10.0. The third-order valence-electron chi connectivity index (χ3n) is 5.06. The molecule has 174 valence electrons. The quantitative estimate of drug-likeness (QED) is 0.692. The van der Waals surface area contributed by atoms with Crippen LogP contribution in [0.5, 0.6) is 0 Å². The van der Waals surface area contributed by atoms with Gasteiger partial charge in [-0.2, -0.15) is 31.4 Å². The first kappa shape index (κ1) is 23.6. The number of hydrogen-bond acceptors (Lipinski definition) is 3. The number of rotatable bonds is 5. The van der Waals surface area contributed by atoms with Gasteiger partial charge in [0.05, 0.1) is 22.9 Å². The molecule has 2 amide bonds. The second kappa shape index (κ2) is 8.47. The fraction of sp³-hybridized carbons (Fsp3) is 0.450. The largest absolute Gasteiger partial charge is 0.416 e. The van der Waals surface area contributed by atoms with E-state index in [9.17, 15) is 35.9 Å². The standard InChI is InChI=1S/C20H20F6N4O2/c1-11-5-12(2)30(28-11)15-4-3-13(16(7-15)20(24,25)26)8-27-18(32)14-6-17(31)29(9-14)10-19(21,22)23/h3-5,7,14H,6,8-10H2,1-2H3,(H,27,32). The minimum atomic E-state index is -4.71. The Morgan fingerprint density at radius 2 is 1.84 bits per heavy atom. The first-order chi connectivity index (χ1) is 14.7. The van der Waals surface area contributed by atoms with Crippen LogP contribution in [0, 0.1) is 19.8 Å². The van der Waals surface area contributed by atoms with Crippen LogP contribution in [-0.4, -0.2) is 45.8 Å². The van der Waals surface area contributed by atoms with Gasteiger partial charge >= 0.3 is 12.4 Å². The molecule has 2 aromatic rings. The van der Waals surface area contributed by atoms with Crippen LogP contribution in [0.1, 0.15) is 28.9 Å². The SMILES string of the molecule is Cc1cc(C)n(-c2ccc(CNC(=O)C3CC(=O)N(CC(F)(F)F)C3)c(C(F)(F)F)c2)n1. The number of halogens is 6. The van der Waals surface area contributed by atoms with Gasteiger partial charge in [0.2, 0.25) is 11.8 Å². The number of nitrogens with zero attached hydrogens (tertiary/aromatic N) is 3.